The Morgan fingerprint density at radius 3 is 2.60 bits per heavy atom. The van der Waals surface area contributed by atoms with Gasteiger partial charge in [-0.2, -0.15) is 0 Å². The normalized spacial score (nSPS) is 10.8. The lowest BCUT2D eigenvalue weighted by atomic mass is 10.1. The van der Waals surface area contributed by atoms with Gasteiger partial charge in [-0.3, -0.25) is 4.79 Å². The Balaban J connectivity index is 1.56. The lowest BCUT2D eigenvalue weighted by Gasteiger charge is -2.11. The molecule has 158 valence electrons. The molecule has 0 saturated heterocycles. The number of nitrogens with one attached hydrogen (secondary N) is 1. The van der Waals surface area contributed by atoms with E-state index >= 15 is 0 Å². The predicted molar refractivity (Wildman–Crippen MR) is 123 cm³/mol. The molecular formula is C24H28N2O3S. The van der Waals surface area contributed by atoms with Crippen LogP contribution in [0.5, 0.6) is 11.5 Å². The lowest BCUT2D eigenvalue weighted by Crippen LogP contribution is -2.27. The van der Waals surface area contributed by atoms with Crippen molar-refractivity contribution in [2.24, 2.45) is 0 Å². The highest BCUT2D eigenvalue weighted by atomic mass is 32.2. The minimum absolute atomic E-state index is 0.00803. The summed E-state index contributed by atoms with van der Waals surface area (Å²) in [7, 11) is 3.23. The van der Waals surface area contributed by atoms with Crippen molar-refractivity contribution in [2.75, 3.05) is 26.5 Å². The largest absolute Gasteiger partial charge is 0.493 e. The fourth-order valence-corrected chi connectivity index (χ4v) is 4.17. The first-order chi connectivity index (χ1) is 14.5. The summed E-state index contributed by atoms with van der Waals surface area (Å²) in [6.45, 7) is 4.75. The molecule has 1 N–H and O–H groups in total. The number of aromatic nitrogens is 1. The minimum atomic E-state index is 0.00803. The topological polar surface area (TPSA) is 60.5 Å². The van der Waals surface area contributed by atoms with E-state index < -0.39 is 0 Å². The molecule has 0 aliphatic rings. The van der Waals surface area contributed by atoms with Crippen LogP contribution in [0.2, 0.25) is 0 Å². The van der Waals surface area contributed by atoms with E-state index in [1.54, 1.807) is 14.2 Å². The Morgan fingerprint density at radius 2 is 1.87 bits per heavy atom. The third-order valence-electron chi connectivity index (χ3n) is 4.92. The molecule has 2 aromatic carbocycles. The summed E-state index contributed by atoms with van der Waals surface area (Å²) in [4.78, 5) is 17.1. The molecular weight excluding hydrogens is 396 g/mol. The molecule has 0 radical (unpaired) electrons. The van der Waals surface area contributed by atoms with E-state index in [9.17, 15) is 4.79 Å². The molecule has 3 aromatic rings. The SMILES string of the molecule is CCc1cc2ccc(C)cc2nc1SCC(=O)NCCc1ccc(OC)c(OC)c1. The monoisotopic (exact) mass is 424 g/mol. The number of methoxy groups -OCH3 is 2. The summed E-state index contributed by atoms with van der Waals surface area (Å²) in [6.07, 6.45) is 1.62. The van der Waals surface area contributed by atoms with Crippen LogP contribution >= 0.6 is 11.8 Å². The van der Waals surface area contributed by atoms with Crippen molar-refractivity contribution in [1.29, 1.82) is 0 Å². The van der Waals surface area contributed by atoms with E-state index in [2.05, 4.69) is 43.4 Å². The van der Waals surface area contributed by atoms with Gasteiger partial charge in [-0.15, -0.1) is 0 Å². The fourth-order valence-electron chi connectivity index (χ4n) is 3.25. The summed E-state index contributed by atoms with van der Waals surface area (Å²) >= 11 is 1.50. The molecule has 0 bridgehead atoms. The molecule has 0 unspecified atom stereocenters. The van der Waals surface area contributed by atoms with Crippen molar-refractivity contribution in [1.82, 2.24) is 10.3 Å². The van der Waals surface area contributed by atoms with Crippen LogP contribution in [-0.4, -0.2) is 37.4 Å². The van der Waals surface area contributed by atoms with Crippen LogP contribution in [0.15, 0.2) is 47.5 Å². The molecule has 0 aliphatic heterocycles. The van der Waals surface area contributed by atoms with Crippen LogP contribution in [-0.2, 0) is 17.6 Å². The van der Waals surface area contributed by atoms with Gasteiger partial charge in [0.05, 0.1) is 25.5 Å². The van der Waals surface area contributed by atoms with Crippen LogP contribution < -0.4 is 14.8 Å². The smallest absolute Gasteiger partial charge is 0.230 e. The summed E-state index contributed by atoms with van der Waals surface area (Å²) in [5.74, 6) is 1.75. The van der Waals surface area contributed by atoms with E-state index in [0.717, 1.165) is 34.3 Å². The number of pyridine rings is 1. The summed E-state index contributed by atoms with van der Waals surface area (Å²) < 4.78 is 10.6. The van der Waals surface area contributed by atoms with Gasteiger partial charge in [-0.1, -0.05) is 36.9 Å². The Bertz CT molecular complexity index is 1040. The second kappa shape index (κ2) is 10.3. The van der Waals surface area contributed by atoms with Gasteiger partial charge in [0.15, 0.2) is 11.5 Å². The number of ether oxygens (including phenoxy) is 2. The fraction of sp³-hybridized carbons (Fsp3) is 0.333. The van der Waals surface area contributed by atoms with Gasteiger partial charge in [0.25, 0.3) is 0 Å². The highest BCUT2D eigenvalue weighted by Crippen LogP contribution is 2.28. The van der Waals surface area contributed by atoms with Crippen LogP contribution in [0.3, 0.4) is 0 Å². The zero-order valence-electron chi connectivity index (χ0n) is 18.0. The van der Waals surface area contributed by atoms with Crippen LogP contribution in [0.4, 0.5) is 0 Å². The maximum Gasteiger partial charge on any atom is 0.230 e. The maximum atomic E-state index is 12.3. The number of aryl methyl sites for hydroxylation is 2. The van der Waals surface area contributed by atoms with Gasteiger partial charge in [-0.05, 0) is 60.7 Å². The molecule has 3 rings (SSSR count). The molecule has 1 amide bonds. The molecule has 0 aliphatic carbocycles. The maximum absolute atomic E-state index is 12.3. The van der Waals surface area contributed by atoms with Crippen molar-refractivity contribution in [3.63, 3.8) is 0 Å². The molecule has 0 spiro atoms. The third-order valence-corrected chi connectivity index (χ3v) is 5.95. The average molecular weight is 425 g/mol. The van der Waals surface area contributed by atoms with E-state index in [1.807, 2.05) is 18.2 Å². The third kappa shape index (κ3) is 5.45. The van der Waals surface area contributed by atoms with Crippen LogP contribution in [0.25, 0.3) is 10.9 Å². The first-order valence-electron chi connectivity index (χ1n) is 10.0. The van der Waals surface area contributed by atoms with Crippen LogP contribution in [0.1, 0.15) is 23.6 Å². The number of hydrogen-bond donors (Lipinski definition) is 1. The van der Waals surface area contributed by atoms with Crippen molar-refractivity contribution in [3.8, 4) is 11.5 Å². The van der Waals surface area contributed by atoms with Gasteiger partial charge < -0.3 is 14.8 Å². The molecule has 0 fully saturated rings. The summed E-state index contributed by atoms with van der Waals surface area (Å²) in [6, 6.07) is 14.3. The number of carbonyl (C=O) groups excluding carboxylic acids is 1. The van der Waals surface area contributed by atoms with E-state index in [1.165, 1.54) is 22.9 Å². The zero-order chi connectivity index (χ0) is 21.5. The standard InChI is InChI=1S/C24H28N2O3S/c1-5-18-14-19-8-6-16(2)12-20(19)26-24(18)30-15-23(27)25-11-10-17-7-9-21(28-3)22(13-17)29-4/h6-9,12-14H,5,10-11,15H2,1-4H3,(H,25,27). The van der Waals surface area contributed by atoms with Gasteiger partial charge >= 0.3 is 0 Å². The lowest BCUT2D eigenvalue weighted by molar-refractivity contribution is -0.118. The Kier molecular flexibility index (Phi) is 7.57. The molecule has 0 saturated carbocycles. The second-order valence-electron chi connectivity index (χ2n) is 7.08. The number of thioether (sulfide) groups is 1. The summed E-state index contributed by atoms with van der Waals surface area (Å²) in [5, 5.41) is 5.07. The van der Waals surface area contributed by atoms with E-state index in [0.29, 0.717) is 23.8 Å². The van der Waals surface area contributed by atoms with Crippen molar-refractivity contribution in [3.05, 3.63) is 59.2 Å². The number of amides is 1. The highest BCUT2D eigenvalue weighted by Gasteiger charge is 2.10. The van der Waals surface area contributed by atoms with Gasteiger partial charge in [0, 0.05) is 11.9 Å². The molecule has 0 atom stereocenters. The average Bonchev–Trinajstić information content (AvgIpc) is 2.76. The summed E-state index contributed by atoms with van der Waals surface area (Å²) in [5.41, 5.74) is 4.42. The van der Waals surface area contributed by atoms with Crippen molar-refractivity contribution < 1.29 is 14.3 Å². The number of benzene rings is 2. The number of carbonyl (C=O) groups is 1. The van der Waals surface area contributed by atoms with Gasteiger partial charge in [0.2, 0.25) is 5.91 Å². The van der Waals surface area contributed by atoms with Crippen molar-refractivity contribution in [2.45, 2.75) is 31.7 Å². The highest BCUT2D eigenvalue weighted by molar-refractivity contribution is 7.99. The Morgan fingerprint density at radius 1 is 1.07 bits per heavy atom. The molecule has 30 heavy (non-hydrogen) atoms. The second-order valence-corrected chi connectivity index (χ2v) is 8.04. The number of fused-ring (bicyclic) bond motifs is 1. The molecule has 5 nitrogen and oxygen atoms in total. The predicted octanol–water partition coefficient (Wildman–Crippen LogP) is 4.57. The molecule has 6 heteroatoms. The van der Waals surface area contributed by atoms with Crippen LogP contribution in [0, 0.1) is 6.92 Å². The quantitative estimate of drug-likeness (QED) is 0.510. The number of hydrogen-bond acceptors (Lipinski definition) is 5. The van der Waals surface area contributed by atoms with E-state index in [4.69, 9.17) is 14.5 Å². The first kappa shape index (κ1) is 22.0. The van der Waals surface area contributed by atoms with Crippen molar-refractivity contribution >= 4 is 28.6 Å². The molecule has 1 heterocycles. The Hall–Kier alpha value is -2.73. The van der Waals surface area contributed by atoms with Gasteiger partial charge in [0.1, 0.15) is 5.03 Å². The number of nitrogens with zero attached hydrogens (tertiary/aromatic N) is 1. The van der Waals surface area contributed by atoms with Gasteiger partial charge in [-0.25, -0.2) is 4.98 Å². The number of rotatable bonds is 9. The molecule has 1 aromatic heterocycles. The van der Waals surface area contributed by atoms with E-state index in [-0.39, 0.29) is 5.91 Å². The zero-order valence-corrected chi connectivity index (χ0v) is 18.8. The minimum Gasteiger partial charge on any atom is -0.493 e. The Labute approximate surface area is 182 Å². The first-order valence-corrected chi connectivity index (χ1v) is 11.0.